The lowest BCUT2D eigenvalue weighted by atomic mass is 10.0. The number of hydrogen-bond acceptors (Lipinski definition) is 6. The Morgan fingerprint density at radius 2 is 0.494 bits per heavy atom. The van der Waals surface area contributed by atoms with E-state index in [0.29, 0.717) is 19.3 Å². The number of carbonyl (C=O) groups is 3. The lowest BCUT2D eigenvalue weighted by Crippen LogP contribution is -2.30. The van der Waals surface area contributed by atoms with Gasteiger partial charge in [-0.05, 0) is 44.9 Å². The van der Waals surface area contributed by atoms with E-state index < -0.39 is 6.10 Å². The Hall–Kier alpha value is -2.11. The van der Waals surface area contributed by atoms with Crippen molar-refractivity contribution in [2.45, 2.75) is 399 Å². The van der Waals surface area contributed by atoms with Crippen molar-refractivity contribution in [3.63, 3.8) is 0 Å². The molecule has 0 spiro atoms. The van der Waals surface area contributed by atoms with Gasteiger partial charge in [0.25, 0.3) is 0 Å². The standard InChI is InChI=1S/C71H134O6/c1-4-7-10-13-16-19-22-25-27-29-31-33-34-35-36-38-39-41-43-46-49-52-55-58-61-64-70(73)76-67-68(66-75-69(72)63-60-57-54-51-48-45-24-21-18-15-12-9-6-3)77-71(74)65-62-59-56-53-50-47-44-42-40-37-32-30-28-26-23-20-17-14-11-8-5-2/h12,15,21,24,68H,4-11,13-14,16-20,22-23,25-67H2,1-3H3/b15-12-,24-21-. The van der Waals surface area contributed by atoms with Crippen molar-refractivity contribution in [3.8, 4) is 0 Å². The molecule has 0 radical (unpaired) electrons. The molecule has 0 heterocycles. The third kappa shape index (κ3) is 64.6. The number of carbonyl (C=O) groups excluding carboxylic acids is 3. The van der Waals surface area contributed by atoms with Crippen LogP contribution in [0.4, 0.5) is 0 Å². The predicted molar refractivity (Wildman–Crippen MR) is 335 cm³/mol. The molecule has 0 saturated carbocycles. The highest BCUT2D eigenvalue weighted by Gasteiger charge is 2.19. The van der Waals surface area contributed by atoms with Crippen molar-refractivity contribution >= 4 is 17.9 Å². The molecule has 0 bridgehead atoms. The van der Waals surface area contributed by atoms with Crippen molar-refractivity contribution in [2.75, 3.05) is 13.2 Å². The van der Waals surface area contributed by atoms with Crippen LogP contribution in [0.25, 0.3) is 0 Å². The summed E-state index contributed by atoms with van der Waals surface area (Å²) in [6, 6.07) is 0. The van der Waals surface area contributed by atoms with Crippen molar-refractivity contribution < 1.29 is 28.6 Å². The molecule has 0 aromatic heterocycles. The van der Waals surface area contributed by atoms with Crippen LogP contribution >= 0.6 is 0 Å². The van der Waals surface area contributed by atoms with E-state index in [1.54, 1.807) is 0 Å². The number of hydrogen-bond donors (Lipinski definition) is 0. The van der Waals surface area contributed by atoms with Gasteiger partial charge in [0.15, 0.2) is 6.10 Å². The van der Waals surface area contributed by atoms with E-state index >= 15 is 0 Å². The Labute approximate surface area is 481 Å². The maximum Gasteiger partial charge on any atom is 0.306 e. The van der Waals surface area contributed by atoms with E-state index in [0.717, 1.165) is 83.5 Å². The fourth-order valence-electron chi connectivity index (χ4n) is 10.7. The maximum absolute atomic E-state index is 12.9. The topological polar surface area (TPSA) is 78.9 Å². The fourth-order valence-corrected chi connectivity index (χ4v) is 10.7. The number of rotatable bonds is 65. The summed E-state index contributed by atoms with van der Waals surface area (Å²) < 4.78 is 17.0. The summed E-state index contributed by atoms with van der Waals surface area (Å²) in [6.07, 6.45) is 80.7. The summed E-state index contributed by atoms with van der Waals surface area (Å²) in [6.45, 7) is 6.65. The Morgan fingerprint density at radius 1 is 0.260 bits per heavy atom. The van der Waals surface area contributed by atoms with Crippen LogP contribution in [0.3, 0.4) is 0 Å². The van der Waals surface area contributed by atoms with Crippen molar-refractivity contribution in [2.24, 2.45) is 0 Å². The summed E-state index contributed by atoms with van der Waals surface area (Å²) in [4.78, 5) is 38.4. The molecule has 0 aliphatic rings. The zero-order valence-electron chi connectivity index (χ0n) is 52.3. The number of unbranched alkanes of at least 4 members (excludes halogenated alkanes) is 50. The minimum absolute atomic E-state index is 0.0694. The zero-order chi connectivity index (χ0) is 55.7. The highest BCUT2D eigenvalue weighted by Crippen LogP contribution is 2.19. The van der Waals surface area contributed by atoms with Gasteiger partial charge >= 0.3 is 17.9 Å². The predicted octanol–water partition coefficient (Wildman–Crippen LogP) is 23.8. The minimum Gasteiger partial charge on any atom is -0.462 e. The van der Waals surface area contributed by atoms with Crippen LogP contribution < -0.4 is 0 Å². The molecule has 77 heavy (non-hydrogen) atoms. The van der Waals surface area contributed by atoms with Crippen LogP contribution in [0.1, 0.15) is 393 Å². The fraction of sp³-hybridized carbons (Fsp3) is 0.901. The van der Waals surface area contributed by atoms with Crippen LogP contribution in [0.2, 0.25) is 0 Å². The Morgan fingerprint density at radius 3 is 0.766 bits per heavy atom. The first-order valence-corrected chi connectivity index (χ1v) is 34.8. The van der Waals surface area contributed by atoms with Crippen LogP contribution in [-0.4, -0.2) is 37.2 Å². The first kappa shape index (κ1) is 74.9. The van der Waals surface area contributed by atoms with Gasteiger partial charge in [-0.1, -0.05) is 353 Å². The molecule has 0 fully saturated rings. The van der Waals surface area contributed by atoms with E-state index in [4.69, 9.17) is 14.2 Å². The van der Waals surface area contributed by atoms with E-state index in [1.165, 1.54) is 270 Å². The van der Waals surface area contributed by atoms with E-state index in [-0.39, 0.29) is 31.1 Å². The first-order chi connectivity index (χ1) is 38.0. The van der Waals surface area contributed by atoms with E-state index in [2.05, 4.69) is 45.1 Å². The first-order valence-electron chi connectivity index (χ1n) is 34.8. The highest BCUT2D eigenvalue weighted by atomic mass is 16.6. The van der Waals surface area contributed by atoms with Crippen LogP contribution in [-0.2, 0) is 28.6 Å². The second-order valence-corrected chi connectivity index (χ2v) is 23.8. The van der Waals surface area contributed by atoms with Crippen LogP contribution in [0, 0.1) is 0 Å². The van der Waals surface area contributed by atoms with Gasteiger partial charge in [0.2, 0.25) is 0 Å². The molecule has 6 heteroatoms. The Bertz CT molecular complexity index is 1240. The maximum atomic E-state index is 12.9. The summed E-state index contributed by atoms with van der Waals surface area (Å²) in [5.41, 5.74) is 0. The van der Waals surface area contributed by atoms with Crippen LogP contribution in [0.15, 0.2) is 24.3 Å². The lowest BCUT2D eigenvalue weighted by Gasteiger charge is -2.18. The third-order valence-corrected chi connectivity index (χ3v) is 15.9. The van der Waals surface area contributed by atoms with Gasteiger partial charge in [-0.15, -0.1) is 0 Å². The SMILES string of the molecule is CCC/C=C\C/C=C\CCCCCCCC(=O)OCC(COC(=O)CCCCCCCCCCCCCCCCCCCCCCCCCCC)OC(=O)CCCCCCCCCCCCCCCCCCCCCCC. The smallest absolute Gasteiger partial charge is 0.306 e. The van der Waals surface area contributed by atoms with Crippen molar-refractivity contribution in [1.82, 2.24) is 0 Å². The summed E-state index contributed by atoms with van der Waals surface area (Å²) >= 11 is 0. The zero-order valence-corrected chi connectivity index (χ0v) is 52.3. The van der Waals surface area contributed by atoms with Crippen LogP contribution in [0.5, 0.6) is 0 Å². The molecule has 0 aliphatic heterocycles. The van der Waals surface area contributed by atoms with E-state index in [9.17, 15) is 14.4 Å². The number of ether oxygens (including phenoxy) is 3. The molecule has 454 valence electrons. The van der Waals surface area contributed by atoms with Gasteiger partial charge in [-0.25, -0.2) is 0 Å². The lowest BCUT2D eigenvalue weighted by molar-refractivity contribution is -0.167. The average molecular weight is 1080 g/mol. The molecule has 1 atom stereocenters. The highest BCUT2D eigenvalue weighted by molar-refractivity contribution is 5.71. The molecule has 0 aliphatic carbocycles. The molecule has 0 amide bonds. The second-order valence-electron chi connectivity index (χ2n) is 23.8. The van der Waals surface area contributed by atoms with Gasteiger partial charge in [0.05, 0.1) is 0 Å². The average Bonchev–Trinajstić information content (AvgIpc) is 3.43. The largest absolute Gasteiger partial charge is 0.462 e. The normalized spacial score (nSPS) is 12.1. The number of allylic oxidation sites excluding steroid dienone is 4. The number of esters is 3. The molecule has 0 aromatic rings. The second kappa shape index (κ2) is 66.4. The van der Waals surface area contributed by atoms with Gasteiger partial charge in [-0.3, -0.25) is 14.4 Å². The van der Waals surface area contributed by atoms with Gasteiger partial charge in [0.1, 0.15) is 13.2 Å². The quantitative estimate of drug-likeness (QED) is 0.0261. The Balaban J connectivity index is 4.21. The molecule has 6 nitrogen and oxygen atoms in total. The molecule has 0 rings (SSSR count). The molecular formula is C71H134O6. The van der Waals surface area contributed by atoms with Gasteiger partial charge in [-0.2, -0.15) is 0 Å². The molecule has 0 aromatic carbocycles. The third-order valence-electron chi connectivity index (χ3n) is 15.9. The minimum atomic E-state index is -0.774. The Kier molecular flexibility index (Phi) is 64.6. The van der Waals surface area contributed by atoms with E-state index in [1.807, 2.05) is 0 Å². The summed E-state index contributed by atoms with van der Waals surface area (Å²) in [5.74, 6) is -0.853. The molecule has 1 unspecified atom stereocenters. The summed E-state index contributed by atoms with van der Waals surface area (Å²) in [7, 11) is 0. The monoisotopic (exact) mass is 1080 g/mol. The van der Waals surface area contributed by atoms with Crippen molar-refractivity contribution in [3.05, 3.63) is 24.3 Å². The van der Waals surface area contributed by atoms with Gasteiger partial charge < -0.3 is 14.2 Å². The van der Waals surface area contributed by atoms with Crippen molar-refractivity contribution in [1.29, 1.82) is 0 Å². The molecule has 0 saturated heterocycles. The molecule has 0 N–H and O–H groups in total. The summed E-state index contributed by atoms with van der Waals surface area (Å²) in [5, 5.41) is 0. The van der Waals surface area contributed by atoms with Gasteiger partial charge in [0, 0.05) is 19.3 Å². The molecular weight excluding hydrogens is 949 g/mol.